The number of hydrogen-bond acceptors (Lipinski definition) is 4. The van der Waals surface area contributed by atoms with Gasteiger partial charge in [-0.25, -0.2) is 4.79 Å². The van der Waals surface area contributed by atoms with E-state index in [0.717, 1.165) is 16.5 Å². The maximum Gasteiger partial charge on any atom is 0.318 e. The van der Waals surface area contributed by atoms with Gasteiger partial charge in [0.1, 0.15) is 11.8 Å². The highest BCUT2D eigenvalue weighted by molar-refractivity contribution is 5.96. The van der Waals surface area contributed by atoms with Crippen LogP contribution < -0.4 is 15.4 Å². The van der Waals surface area contributed by atoms with Crippen molar-refractivity contribution in [1.29, 1.82) is 0 Å². The molecule has 2 aromatic carbocycles. The van der Waals surface area contributed by atoms with Gasteiger partial charge in [-0.05, 0) is 37.1 Å². The lowest BCUT2D eigenvalue weighted by atomic mass is 10.1. The van der Waals surface area contributed by atoms with E-state index in [2.05, 4.69) is 21.7 Å². The van der Waals surface area contributed by atoms with Gasteiger partial charge in [0.25, 0.3) is 0 Å². The van der Waals surface area contributed by atoms with Crippen LogP contribution in [0, 0.1) is 0 Å². The number of amides is 4. The Morgan fingerprint density at radius 1 is 1.03 bits per heavy atom. The van der Waals surface area contributed by atoms with E-state index in [0.29, 0.717) is 50.5 Å². The summed E-state index contributed by atoms with van der Waals surface area (Å²) in [4.78, 5) is 44.5. The van der Waals surface area contributed by atoms with Crippen LogP contribution in [0.4, 0.5) is 10.5 Å². The number of carbonyl (C=O) groups is 3. The molecular weight excluding hydrogens is 446 g/mol. The third kappa shape index (κ3) is 5.92. The Kier molecular flexibility index (Phi) is 7.54. The fourth-order valence-corrected chi connectivity index (χ4v) is 4.19. The van der Waals surface area contributed by atoms with Crippen molar-refractivity contribution in [2.45, 2.75) is 25.8 Å². The zero-order valence-electron chi connectivity index (χ0n) is 20.0. The van der Waals surface area contributed by atoms with Crippen LogP contribution in [-0.4, -0.2) is 72.0 Å². The molecule has 1 aliphatic rings. The van der Waals surface area contributed by atoms with Crippen LogP contribution in [0.25, 0.3) is 10.9 Å². The van der Waals surface area contributed by atoms with Crippen LogP contribution in [0.2, 0.25) is 0 Å². The number of aromatic nitrogens is 1. The molecule has 1 atom stereocenters. The summed E-state index contributed by atoms with van der Waals surface area (Å²) in [6.45, 7) is 3.44. The first-order valence-electron chi connectivity index (χ1n) is 11.8. The zero-order valence-corrected chi connectivity index (χ0v) is 20.0. The number of fused-ring (bicyclic) bond motifs is 1. The molecule has 3 N–H and O–H groups in total. The van der Waals surface area contributed by atoms with Crippen molar-refractivity contribution >= 4 is 34.4 Å². The van der Waals surface area contributed by atoms with Gasteiger partial charge in [-0.1, -0.05) is 24.3 Å². The number of rotatable bonds is 7. The SMILES string of the molecule is COc1cccc(NC(=O)[C@@H](C)NC(=O)N2CCN(C(=O)CCc3c[nH]c4ccccc34)CC2)c1. The Bertz CT molecular complexity index is 1200. The predicted molar refractivity (Wildman–Crippen MR) is 134 cm³/mol. The molecule has 0 aliphatic carbocycles. The molecule has 0 spiro atoms. The largest absolute Gasteiger partial charge is 0.497 e. The number of ether oxygens (including phenoxy) is 1. The molecule has 0 unspecified atom stereocenters. The normalized spacial score (nSPS) is 14.5. The van der Waals surface area contributed by atoms with Crippen molar-refractivity contribution in [3.63, 3.8) is 0 Å². The molecule has 0 bridgehead atoms. The molecule has 3 aromatic rings. The van der Waals surface area contributed by atoms with Crippen LogP contribution in [0.15, 0.2) is 54.7 Å². The van der Waals surface area contributed by atoms with Crippen molar-refractivity contribution in [2.24, 2.45) is 0 Å². The summed E-state index contributed by atoms with van der Waals surface area (Å²) in [7, 11) is 1.56. The number of piperazine rings is 1. The number of methoxy groups -OCH3 is 1. The first kappa shape index (κ1) is 24.1. The third-order valence-electron chi connectivity index (χ3n) is 6.27. The molecule has 0 saturated carbocycles. The Morgan fingerprint density at radius 2 is 1.77 bits per heavy atom. The number of aryl methyl sites for hydroxylation is 1. The van der Waals surface area contributed by atoms with Crippen molar-refractivity contribution < 1.29 is 19.1 Å². The summed E-state index contributed by atoms with van der Waals surface area (Å²) in [5.74, 6) is 0.396. The third-order valence-corrected chi connectivity index (χ3v) is 6.27. The molecule has 1 aromatic heterocycles. The number of H-pyrrole nitrogens is 1. The summed E-state index contributed by atoms with van der Waals surface area (Å²) < 4.78 is 5.16. The Labute approximate surface area is 204 Å². The fourth-order valence-electron chi connectivity index (χ4n) is 4.19. The molecule has 9 heteroatoms. The summed E-state index contributed by atoms with van der Waals surface area (Å²) in [6.07, 6.45) is 3.06. The van der Waals surface area contributed by atoms with Gasteiger partial charge in [-0.2, -0.15) is 0 Å². The zero-order chi connectivity index (χ0) is 24.8. The molecule has 1 fully saturated rings. The highest BCUT2D eigenvalue weighted by Gasteiger charge is 2.26. The fraction of sp³-hybridized carbons (Fsp3) is 0.346. The van der Waals surface area contributed by atoms with E-state index in [1.165, 1.54) is 0 Å². The van der Waals surface area contributed by atoms with Gasteiger partial charge in [-0.15, -0.1) is 0 Å². The summed E-state index contributed by atoms with van der Waals surface area (Å²) in [5.41, 5.74) is 2.80. The summed E-state index contributed by atoms with van der Waals surface area (Å²) in [5, 5.41) is 6.66. The van der Waals surface area contributed by atoms with E-state index < -0.39 is 6.04 Å². The lowest BCUT2D eigenvalue weighted by Crippen LogP contribution is -2.55. The van der Waals surface area contributed by atoms with Gasteiger partial charge in [0.05, 0.1) is 7.11 Å². The number of nitrogens with one attached hydrogen (secondary N) is 3. The second-order valence-electron chi connectivity index (χ2n) is 8.62. The molecule has 4 amide bonds. The van der Waals surface area contributed by atoms with E-state index >= 15 is 0 Å². The maximum absolute atomic E-state index is 12.7. The van der Waals surface area contributed by atoms with E-state index in [9.17, 15) is 14.4 Å². The van der Waals surface area contributed by atoms with E-state index in [4.69, 9.17) is 4.74 Å². The standard InChI is InChI=1S/C26H31N5O4/c1-18(25(33)29-20-6-5-7-21(16-20)35-2)28-26(34)31-14-12-30(13-15-31)24(32)11-10-19-17-27-23-9-4-3-8-22(19)23/h3-9,16-18,27H,10-15H2,1-2H3,(H,28,34)(H,29,33)/t18-/m1/s1. The minimum absolute atomic E-state index is 0.0846. The van der Waals surface area contributed by atoms with Gasteiger partial charge in [0.15, 0.2) is 0 Å². The number of nitrogens with zero attached hydrogens (tertiary/aromatic N) is 2. The number of anilines is 1. The number of carbonyl (C=O) groups excluding carboxylic acids is 3. The lowest BCUT2D eigenvalue weighted by molar-refractivity contribution is -0.132. The summed E-state index contributed by atoms with van der Waals surface area (Å²) in [6, 6.07) is 14.0. The highest BCUT2D eigenvalue weighted by Crippen LogP contribution is 2.20. The molecule has 4 rings (SSSR count). The van der Waals surface area contributed by atoms with Crippen LogP contribution >= 0.6 is 0 Å². The predicted octanol–water partition coefficient (Wildman–Crippen LogP) is 2.99. The number of hydrogen-bond donors (Lipinski definition) is 3. The van der Waals surface area contributed by atoms with Gasteiger partial charge < -0.3 is 30.2 Å². The molecule has 35 heavy (non-hydrogen) atoms. The average molecular weight is 478 g/mol. The quantitative estimate of drug-likeness (QED) is 0.486. The van der Waals surface area contributed by atoms with E-state index in [1.807, 2.05) is 24.4 Å². The van der Waals surface area contributed by atoms with Crippen LogP contribution in [0.1, 0.15) is 18.9 Å². The number of aromatic amines is 1. The Hall–Kier alpha value is -4.01. The number of benzene rings is 2. The minimum Gasteiger partial charge on any atom is -0.497 e. The highest BCUT2D eigenvalue weighted by atomic mass is 16.5. The molecule has 1 aliphatic heterocycles. The average Bonchev–Trinajstić information content (AvgIpc) is 3.30. The summed E-state index contributed by atoms with van der Waals surface area (Å²) >= 11 is 0. The van der Waals surface area contributed by atoms with Crippen LogP contribution in [0.5, 0.6) is 5.75 Å². The molecule has 0 radical (unpaired) electrons. The van der Waals surface area contributed by atoms with E-state index in [-0.39, 0.29) is 17.8 Å². The smallest absolute Gasteiger partial charge is 0.318 e. The van der Waals surface area contributed by atoms with Gasteiger partial charge in [0, 0.05) is 61.5 Å². The second kappa shape index (κ2) is 10.9. The molecule has 184 valence electrons. The van der Waals surface area contributed by atoms with Crippen molar-refractivity contribution in [2.75, 3.05) is 38.6 Å². The molecule has 9 nitrogen and oxygen atoms in total. The maximum atomic E-state index is 12.7. The van der Waals surface area contributed by atoms with Crippen LogP contribution in [-0.2, 0) is 16.0 Å². The topological polar surface area (TPSA) is 107 Å². The van der Waals surface area contributed by atoms with Crippen molar-refractivity contribution in [1.82, 2.24) is 20.1 Å². The second-order valence-corrected chi connectivity index (χ2v) is 8.62. The number of urea groups is 1. The van der Waals surface area contributed by atoms with Gasteiger partial charge in [-0.3, -0.25) is 9.59 Å². The minimum atomic E-state index is -0.718. The number of para-hydroxylation sites is 1. The monoisotopic (exact) mass is 477 g/mol. The van der Waals surface area contributed by atoms with Crippen LogP contribution in [0.3, 0.4) is 0 Å². The molecular formula is C26H31N5O4. The lowest BCUT2D eigenvalue weighted by Gasteiger charge is -2.35. The Morgan fingerprint density at radius 3 is 2.54 bits per heavy atom. The van der Waals surface area contributed by atoms with Crippen molar-refractivity contribution in [3.8, 4) is 5.75 Å². The first-order valence-corrected chi connectivity index (χ1v) is 11.8. The molecule has 1 saturated heterocycles. The van der Waals surface area contributed by atoms with Gasteiger partial charge >= 0.3 is 6.03 Å². The van der Waals surface area contributed by atoms with Crippen molar-refractivity contribution in [3.05, 3.63) is 60.3 Å². The van der Waals surface area contributed by atoms with Gasteiger partial charge in [0.2, 0.25) is 11.8 Å². The first-order chi connectivity index (χ1) is 16.9. The molecule has 2 heterocycles. The van der Waals surface area contributed by atoms with E-state index in [1.54, 1.807) is 48.1 Å². The Balaban J connectivity index is 1.21.